The van der Waals surface area contributed by atoms with Crippen LogP contribution in [-0.4, -0.2) is 61.6 Å². The molecule has 2 heterocycles. The van der Waals surface area contributed by atoms with Crippen LogP contribution < -0.4 is 0 Å². The van der Waals surface area contributed by atoms with Crippen molar-refractivity contribution in [1.29, 1.82) is 0 Å². The fourth-order valence-corrected chi connectivity index (χ4v) is 3.92. The van der Waals surface area contributed by atoms with E-state index in [0.717, 1.165) is 6.26 Å². The maximum absolute atomic E-state index is 12.6. The summed E-state index contributed by atoms with van der Waals surface area (Å²) in [5.74, 6) is 0.314. The number of piperidine rings is 1. The van der Waals surface area contributed by atoms with E-state index < -0.39 is 28.8 Å². The highest BCUT2D eigenvalue weighted by atomic mass is 32.2. The van der Waals surface area contributed by atoms with Gasteiger partial charge in [0.2, 0.25) is 10.0 Å². The van der Waals surface area contributed by atoms with Gasteiger partial charge in [-0.2, -0.15) is 17.5 Å². The lowest BCUT2D eigenvalue weighted by molar-refractivity contribution is -0.140. The minimum Gasteiger partial charge on any atom is -0.469 e. The number of carbonyl (C=O) groups excluding carboxylic acids is 1. The fourth-order valence-electron chi connectivity index (χ4n) is 2.79. The summed E-state index contributed by atoms with van der Waals surface area (Å²) in [6.07, 6.45) is -2.19. The van der Waals surface area contributed by atoms with Crippen molar-refractivity contribution in [3.8, 4) is 0 Å². The number of furan rings is 1. The Bertz CT molecular complexity index is 691. The maximum Gasteiger partial charge on any atom is 0.402 e. The Balaban J connectivity index is 2.03. The van der Waals surface area contributed by atoms with Crippen LogP contribution >= 0.6 is 0 Å². The van der Waals surface area contributed by atoms with Crippen LogP contribution in [0.3, 0.4) is 0 Å². The lowest BCUT2D eigenvalue weighted by Gasteiger charge is -2.37. The Morgan fingerprint density at radius 3 is 2.38 bits per heavy atom. The molecule has 0 spiro atoms. The molecule has 0 saturated carbocycles. The molecular formula is C14H19F3N2O4S. The standard InChI is InChI=1S/C14H19F3N2O4S/c1-10-7-11(8-23-10)13(20)18-5-3-12(4-6-18)19(24(2,21)22)9-14(15,16)17/h7-8,12H,3-6,9H2,1-2H3. The summed E-state index contributed by atoms with van der Waals surface area (Å²) in [7, 11) is -3.99. The summed E-state index contributed by atoms with van der Waals surface area (Å²) in [6, 6.07) is 0.817. The number of aryl methyl sites for hydroxylation is 1. The first-order valence-corrected chi connectivity index (χ1v) is 9.20. The molecule has 1 aromatic rings. The van der Waals surface area contributed by atoms with E-state index in [4.69, 9.17) is 4.42 Å². The number of likely N-dealkylation sites (tertiary alicyclic amines) is 1. The number of hydrogen-bond donors (Lipinski definition) is 0. The van der Waals surface area contributed by atoms with Crippen molar-refractivity contribution >= 4 is 15.9 Å². The molecule has 1 aliphatic heterocycles. The van der Waals surface area contributed by atoms with Gasteiger partial charge in [-0.05, 0) is 25.8 Å². The number of amides is 1. The first-order chi connectivity index (χ1) is 11.0. The molecule has 24 heavy (non-hydrogen) atoms. The molecular weight excluding hydrogens is 349 g/mol. The summed E-state index contributed by atoms with van der Waals surface area (Å²) in [5, 5.41) is 0. The summed E-state index contributed by atoms with van der Waals surface area (Å²) >= 11 is 0. The zero-order valence-electron chi connectivity index (χ0n) is 13.3. The summed E-state index contributed by atoms with van der Waals surface area (Å²) in [4.78, 5) is 13.8. The van der Waals surface area contributed by atoms with E-state index in [1.54, 1.807) is 13.0 Å². The highest BCUT2D eigenvalue weighted by molar-refractivity contribution is 7.88. The number of nitrogens with zero attached hydrogens (tertiary/aromatic N) is 2. The second-order valence-electron chi connectivity index (χ2n) is 5.89. The van der Waals surface area contributed by atoms with Gasteiger partial charge in [0.25, 0.3) is 5.91 Å². The highest BCUT2D eigenvalue weighted by Gasteiger charge is 2.40. The Kier molecular flexibility index (Phi) is 5.28. The van der Waals surface area contributed by atoms with Crippen LogP contribution in [0, 0.1) is 6.92 Å². The minimum absolute atomic E-state index is 0.158. The van der Waals surface area contributed by atoms with Crippen LogP contribution in [0.1, 0.15) is 29.0 Å². The van der Waals surface area contributed by atoms with E-state index in [1.165, 1.54) is 11.2 Å². The molecule has 10 heteroatoms. The van der Waals surface area contributed by atoms with E-state index in [2.05, 4.69) is 0 Å². The number of hydrogen-bond acceptors (Lipinski definition) is 4. The third-order valence-electron chi connectivity index (χ3n) is 3.90. The van der Waals surface area contributed by atoms with Gasteiger partial charge < -0.3 is 9.32 Å². The molecule has 1 saturated heterocycles. The van der Waals surface area contributed by atoms with E-state index >= 15 is 0 Å². The van der Waals surface area contributed by atoms with Crippen molar-refractivity contribution in [1.82, 2.24) is 9.21 Å². The Hall–Kier alpha value is -1.55. The van der Waals surface area contributed by atoms with Gasteiger partial charge in [0.05, 0.1) is 11.8 Å². The van der Waals surface area contributed by atoms with Gasteiger partial charge in [-0.25, -0.2) is 8.42 Å². The molecule has 2 rings (SSSR count). The van der Waals surface area contributed by atoms with Crippen LogP contribution in [0.25, 0.3) is 0 Å². The van der Waals surface area contributed by atoms with Gasteiger partial charge in [-0.15, -0.1) is 0 Å². The van der Waals surface area contributed by atoms with E-state index in [1.807, 2.05) is 0 Å². The zero-order valence-corrected chi connectivity index (χ0v) is 14.2. The molecule has 0 unspecified atom stereocenters. The summed E-state index contributed by atoms with van der Waals surface area (Å²) in [6.45, 7) is 0.574. The SMILES string of the molecule is Cc1cc(C(=O)N2CCC(N(CC(F)(F)F)S(C)(=O)=O)CC2)co1. The van der Waals surface area contributed by atoms with Crippen LogP contribution in [0.2, 0.25) is 0 Å². The molecule has 1 aliphatic rings. The number of carbonyl (C=O) groups is 1. The van der Waals surface area contributed by atoms with E-state index in [-0.39, 0.29) is 31.8 Å². The molecule has 1 fully saturated rings. The summed E-state index contributed by atoms with van der Waals surface area (Å²) < 4.78 is 66.8. The first kappa shape index (κ1) is 18.8. The van der Waals surface area contributed by atoms with Gasteiger partial charge in [-0.1, -0.05) is 0 Å². The Labute approximate surface area is 138 Å². The van der Waals surface area contributed by atoms with Crippen molar-refractivity contribution in [2.75, 3.05) is 25.9 Å². The second kappa shape index (κ2) is 6.75. The largest absolute Gasteiger partial charge is 0.469 e. The molecule has 136 valence electrons. The normalized spacial score (nSPS) is 17.5. The van der Waals surface area contributed by atoms with Crippen molar-refractivity contribution in [3.63, 3.8) is 0 Å². The van der Waals surface area contributed by atoms with Gasteiger partial charge in [0.1, 0.15) is 18.6 Å². The minimum atomic E-state index is -4.61. The number of alkyl halides is 3. The fraction of sp³-hybridized carbons (Fsp3) is 0.643. The van der Waals surface area contributed by atoms with E-state index in [0.29, 0.717) is 15.6 Å². The Morgan fingerprint density at radius 1 is 1.38 bits per heavy atom. The predicted octanol–water partition coefficient (Wildman–Crippen LogP) is 2.02. The van der Waals surface area contributed by atoms with Crippen LogP contribution in [0.5, 0.6) is 0 Å². The van der Waals surface area contributed by atoms with Gasteiger partial charge >= 0.3 is 6.18 Å². The van der Waals surface area contributed by atoms with Crippen LogP contribution in [-0.2, 0) is 10.0 Å². The van der Waals surface area contributed by atoms with Crippen LogP contribution in [0.4, 0.5) is 13.2 Å². The smallest absolute Gasteiger partial charge is 0.402 e. The molecule has 1 aromatic heterocycles. The zero-order chi connectivity index (χ0) is 18.1. The van der Waals surface area contributed by atoms with Crippen molar-refractivity contribution in [2.45, 2.75) is 32.0 Å². The topological polar surface area (TPSA) is 70.8 Å². The van der Waals surface area contributed by atoms with E-state index in [9.17, 15) is 26.4 Å². The monoisotopic (exact) mass is 368 g/mol. The molecule has 6 nitrogen and oxygen atoms in total. The Morgan fingerprint density at radius 2 is 1.96 bits per heavy atom. The molecule has 0 aromatic carbocycles. The van der Waals surface area contributed by atoms with Crippen LogP contribution in [0.15, 0.2) is 16.7 Å². The lowest BCUT2D eigenvalue weighted by Crippen LogP contribution is -2.51. The molecule has 0 atom stereocenters. The maximum atomic E-state index is 12.6. The van der Waals surface area contributed by atoms with Gasteiger partial charge in [-0.3, -0.25) is 4.79 Å². The average Bonchev–Trinajstić information content (AvgIpc) is 2.89. The second-order valence-corrected chi connectivity index (χ2v) is 7.83. The number of sulfonamides is 1. The molecule has 0 bridgehead atoms. The third-order valence-corrected chi connectivity index (χ3v) is 5.18. The lowest BCUT2D eigenvalue weighted by atomic mass is 10.0. The highest BCUT2D eigenvalue weighted by Crippen LogP contribution is 2.25. The number of rotatable bonds is 4. The molecule has 0 radical (unpaired) electrons. The third kappa shape index (κ3) is 4.73. The molecule has 1 amide bonds. The summed E-state index contributed by atoms with van der Waals surface area (Å²) in [5.41, 5.74) is 0.376. The predicted molar refractivity (Wildman–Crippen MR) is 80.0 cm³/mol. The number of halogens is 3. The molecule has 0 N–H and O–H groups in total. The van der Waals surface area contributed by atoms with Crippen molar-refractivity contribution in [3.05, 3.63) is 23.7 Å². The first-order valence-electron chi connectivity index (χ1n) is 7.35. The molecule has 0 aliphatic carbocycles. The van der Waals surface area contributed by atoms with Crippen molar-refractivity contribution < 1.29 is 30.8 Å². The van der Waals surface area contributed by atoms with Gasteiger partial charge in [0.15, 0.2) is 0 Å². The van der Waals surface area contributed by atoms with Crippen molar-refractivity contribution in [2.24, 2.45) is 0 Å². The average molecular weight is 368 g/mol. The quantitative estimate of drug-likeness (QED) is 0.815. The van der Waals surface area contributed by atoms with Gasteiger partial charge in [0, 0.05) is 19.1 Å².